The standard InChI is InChI=1S/C22H22ClN3O3/c23-17-7-5-16(6-8-17)22(28)26-13-11-25(12-14-26)10-9-24-19-15-21(27)29-20-4-2-1-3-18(19)20/h1-8,15,24H,9-14H2. The van der Waals surface area contributed by atoms with Crippen molar-refractivity contribution in [3.63, 3.8) is 0 Å². The number of nitrogens with zero attached hydrogens (tertiary/aromatic N) is 2. The van der Waals surface area contributed by atoms with Crippen LogP contribution in [0.1, 0.15) is 10.4 Å². The lowest BCUT2D eigenvalue weighted by atomic mass is 10.2. The van der Waals surface area contributed by atoms with Crippen molar-refractivity contribution in [2.75, 3.05) is 44.6 Å². The summed E-state index contributed by atoms with van der Waals surface area (Å²) < 4.78 is 5.23. The molecule has 3 aromatic rings. The molecular formula is C22H22ClN3O3. The number of para-hydroxylation sites is 1. The first-order chi connectivity index (χ1) is 14.1. The Morgan fingerprint density at radius 3 is 2.52 bits per heavy atom. The van der Waals surface area contributed by atoms with Crippen LogP contribution in [0.15, 0.2) is 63.8 Å². The molecule has 4 rings (SSSR count). The van der Waals surface area contributed by atoms with E-state index in [1.54, 1.807) is 30.3 Å². The number of hydrogen-bond donors (Lipinski definition) is 1. The Labute approximate surface area is 173 Å². The molecule has 0 atom stereocenters. The second kappa shape index (κ2) is 8.68. The lowest BCUT2D eigenvalue weighted by Crippen LogP contribution is -2.49. The maximum atomic E-state index is 12.6. The predicted octanol–water partition coefficient (Wildman–Crippen LogP) is 3.32. The molecule has 1 fully saturated rings. The summed E-state index contributed by atoms with van der Waals surface area (Å²) in [5, 5.41) is 4.87. The lowest BCUT2D eigenvalue weighted by Gasteiger charge is -2.34. The highest BCUT2D eigenvalue weighted by Crippen LogP contribution is 2.20. The van der Waals surface area contributed by atoms with Crippen molar-refractivity contribution >= 4 is 34.2 Å². The minimum atomic E-state index is -0.361. The van der Waals surface area contributed by atoms with Gasteiger partial charge >= 0.3 is 5.63 Å². The van der Waals surface area contributed by atoms with E-state index in [0.29, 0.717) is 35.8 Å². The molecule has 29 heavy (non-hydrogen) atoms. The first kappa shape index (κ1) is 19.5. The molecule has 0 bridgehead atoms. The van der Waals surface area contributed by atoms with Crippen molar-refractivity contribution in [2.24, 2.45) is 0 Å². The monoisotopic (exact) mass is 411 g/mol. The van der Waals surface area contributed by atoms with Crippen LogP contribution in [0.2, 0.25) is 5.02 Å². The van der Waals surface area contributed by atoms with E-state index in [1.807, 2.05) is 23.1 Å². The van der Waals surface area contributed by atoms with E-state index in [-0.39, 0.29) is 11.5 Å². The van der Waals surface area contributed by atoms with Gasteiger partial charge in [-0.2, -0.15) is 0 Å². The number of carbonyl (C=O) groups is 1. The number of hydrogen-bond acceptors (Lipinski definition) is 5. The number of fused-ring (bicyclic) bond motifs is 1. The largest absolute Gasteiger partial charge is 0.423 e. The highest BCUT2D eigenvalue weighted by atomic mass is 35.5. The molecule has 1 aromatic heterocycles. The van der Waals surface area contributed by atoms with Crippen LogP contribution in [0, 0.1) is 0 Å². The zero-order valence-electron chi connectivity index (χ0n) is 15.9. The maximum Gasteiger partial charge on any atom is 0.338 e. The minimum Gasteiger partial charge on any atom is -0.423 e. The fourth-order valence-electron chi connectivity index (χ4n) is 3.56. The molecule has 1 amide bonds. The maximum absolute atomic E-state index is 12.6. The van der Waals surface area contributed by atoms with Gasteiger partial charge in [-0.25, -0.2) is 4.79 Å². The molecule has 2 heterocycles. The summed E-state index contributed by atoms with van der Waals surface area (Å²) >= 11 is 5.89. The predicted molar refractivity (Wildman–Crippen MR) is 115 cm³/mol. The summed E-state index contributed by atoms with van der Waals surface area (Å²) in [7, 11) is 0. The van der Waals surface area contributed by atoms with Crippen molar-refractivity contribution in [1.82, 2.24) is 9.80 Å². The van der Waals surface area contributed by atoms with Crippen molar-refractivity contribution in [1.29, 1.82) is 0 Å². The van der Waals surface area contributed by atoms with Crippen LogP contribution in [0.25, 0.3) is 11.0 Å². The van der Waals surface area contributed by atoms with E-state index in [1.165, 1.54) is 6.07 Å². The summed E-state index contributed by atoms with van der Waals surface area (Å²) in [6.45, 7) is 4.56. The van der Waals surface area contributed by atoms with Crippen LogP contribution in [-0.2, 0) is 0 Å². The molecule has 1 aliphatic heterocycles. The molecule has 0 saturated carbocycles. The summed E-state index contributed by atoms with van der Waals surface area (Å²) in [5.41, 5.74) is 1.67. The molecular weight excluding hydrogens is 390 g/mol. The highest BCUT2D eigenvalue weighted by molar-refractivity contribution is 6.30. The second-order valence-electron chi connectivity index (χ2n) is 7.04. The number of carbonyl (C=O) groups excluding carboxylic acids is 1. The molecule has 7 heteroatoms. The lowest BCUT2D eigenvalue weighted by molar-refractivity contribution is 0.0642. The van der Waals surface area contributed by atoms with Gasteiger partial charge in [-0.05, 0) is 36.4 Å². The average Bonchev–Trinajstić information content (AvgIpc) is 2.74. The van der Waals surface area contributed by atoms with Crippen LogP contribution in [0.4, 0.5) is 5.69 Å². The van der Waals surface area contributed by atoms with Gasteiger partial charge in [0.25, 0.3) is 5.91 Å². The molecule has 0 radical (unpaired) electrons. The van der Waals surface area contributed by atoms with E-state index in [9.17, 15) is 9.59 Å². The molecule has 0 aliphatic carbocycles. The van der Waals surface area contributed by atoms with Crippen molar-refractivity contribution in [2.45, 2.75) is 0 Å². The second-order valence-corrected chi connectivity index (χ2v) is 7.48. The molecule has 6 nitrogen and oxygen atoms in total. The summed E-state index contributed by atoms with van der Waals surface area (Å²) in [6.07, 6.45) is 0. The summed E-state index contributed by atoms with van der Waals surface area (Å²) in [6, 6.07) is 16.0. The summed E-state index contributed by atoms with van der Waals surface area (Å²) in [4.78, 5) is 28.5. The normalized spacial score (nSPS) is 14.9. The Morgan fingerprint density at radius 1 is 1.03 bits per heavy atom. The number of amides is 1. The molecule has 1 saturated heterocycles. The first-order valence-corrected chi connectivity index (χ1v) is 10.0. The Bertz CT molecular complexity index is 1060. The molecule has 0 spiro atoms. The number of benzene rings is 2. The Balaban J connectivity index is 1.29. The van der Waals surface area contributed by atoms with Gasteiger partial charge in [-0.1, -0.05) is 23.7 Å². The smallest absolute Gasteiger partial charge is 0.338 e. The average molecular weight is 412 g/mol. The van der Waals surface area contributed by atoms with Crippen molar-refractivity contribution in [3.8, 4) is 0 Å². The van der Waals surface area contributed by atoms with Gasteiger partial charge in [0.15, 0.2) is 0 Å². The quantitative estimate of drug-likeness (QED) is 0.652. The van der Waals surface area contributed by atoms with Crippen LogP contribution < -0.4 is 10.9 Å². The van der Waals surface area contributed by atoms with Crippen molar-refractivity contribution < 1.29 is 9.21 Å². The van der Waals surface area contributed by atoms with Gasteiger partial charge in [0, 0.05) is 61.3 Å². The van der Waals surface area contributed by atoms with Gasteiger partial charge in [-0.3, -0.25) is 9.69 Å². The van der Waals surface area contributed by atoms with Crippen LogP contribution in [0.3, 0.4) is 0 Å². The van der Waals surface area contributed by atoms with Gasteiger partial charge in [0.1, 0.15) is 5.58 Å². The highest BCUT2D eigenvalue weighted by Gasteiger charge is 2.21. The molecule has 2 aromatic carbocycles. The van der Waals surface area contributed by atoms with Gasteiger partial charge < -0.3 is 14.6 Å². The third kappa shape index (κ3) is 4.60. The Hall–Kier alpha value is -2.83. The van der Waals surface area contributed by atoms with Gasteiger partial charge in [0.2, 0.25) is 0 Å². The number of anilines is 1. The van der Waals surface area contributed by atoms with E-state index < -0.39 is 0 Å². The fourth-order valence-corrected chi connectivity index (χ4v) is 3.68. The van der Waals surface area contributed by atoms with Crippen LogP contribution >= 0.6 is 11.6 Å². The van der Waals surface area contributed by atoms with Crippen LogP contribution in [0.5, 0.6) is 0 Å². The van der Waals surface area contributed by atoms with Crippen molar-refractivity contribution in [3.05, 3.63) is 75.6 Å². The zero-order valence-corrected chi connectivity index (χ0v) is 16.7. The van der Waals surface area contributed by atoms with E-state index in [4.69, 9.17) is 16.0 Å². The van der Waals surface area contributed by atoms with E-state index in [2.05, 4.69) is 10.2 Å². The fraction of sp³-hybridized carbons (Fsp3) is 0.273. The third-order valence-electron chi connectivity index (χ3n) is 5.14. The number of rotatable bonds is 5. The first-order valence-electron chi connectivity index (χ1n) is 9.64. The summed E-state index contributed by atoms with van der Waals surface area (Å²) in [5.74, 6) is 0.0434. The minimum absolute atomic E-state index is 0.0434. The molecule has 1 aliphatic rings. The molecule has 150 valence electrons. The Kier molecular flexibility index (Phi) is 5.83. The SMILES string of the molecule is O=C(c1ccc(Cl)cc1)N1CCN(CCNc2cc(=O)oc3ccccc23)CC1. The third-order valence-corrected chi connectivity index (χ3v) is 5.40. The number of nitrogens with one attached hydrogen (secondary N) is 1. The van der Waals surface area contributed by atoms with Gasteiger partial charge in [-0.15, -0.1) is 0 Å². The van der Waals surface area contributed by atoms with Gasteiger partial charge in [0.05, 0.1) is 5.69 Å². The Morgan fingerprint density at radius 2 is 1.76 bits per heavy atom. The topological polar surface area (TPSA) is 65.8 Å². The molecule has 1 N–H and O–H groups in total. The van der Waals surface area contributed by atoms with E-state index in [0.717, 1.165) is 30.7 Å². The number of piperazine rings is 1. The molecule has 0 unspecified atom stereocenters. The number of halogens is 1. The van der Waals surface area contributed by atoms with Crippen LogP contribution in [-0.4, -0.2) is 55.0 Å². The van der Waals surface area contributed by atoms with E-state index >= 15 is 0 Å². The zero-order chi connectivity index (χ0) is 20.2.